The van der Waals surface area contributed by atoms with Crippen molar-refractivity contribution in [2.75, 3.05) is 13.2 Å². The molecule has 0 atom stereocenters. The first-order chi connectivity index (χ1) is 7.87. The number of halogens is 3. The lowest BCUT2D eigenvalue weighted by Crippen LogP contribution is -2.41. The van der Waals surface area contributed by atoms with E-state index in [1.807, 2.05) is 0 Å². The van der Waals surface area contributed by atoms with Crippen LogP contribution in [-0.4, -0.2) is 41.5 Å². The standard InChI is InChI=1S/C5H8F3NO7S2/c1-4(10)15-2-3-16-18(13,14)9-17(11,12)5(6,7)8/h9H,2-3H2,1H3. The Kier molecular flexibility index (Phi) is 5.52. The molecule has 0 unspecified atom stereocenters. The summed E-state index contributed by atoms with van der Waals surface area (Å²) in [5.74, 6) is -0.771. The maximum Gasteiger partial charge on any atom is 0.512 e. The molecule has 8 nitrogen and oxygen atoms in total. The molecule has 0 fully saturated rings. The lowest BCUT2D eigenvalue weighted by molar-refractivity contribution is -0.141. The summed E-state index contributed by atoms with van der Waals surface area (Å²) in [6, 6.07) is 0. The van der Waals surface area contributed by atoms with Crippen LogP contribution in [0.5, 0.6) is 0 Å². The van der Waals surface area contributed by atoms with Crippen LogP contribution in [0.2, 0.25) is 0 Å². The molecule has 0 rings (SSSR count). The van der Waals surface area contributed by atoms with Crippen molar-refractivity contribution in [2.24, 2.45) is 0 Å². The molecular formula is C5H8F3NO7S2. The van der Waals surface area contributed by atoms with Crippen molar-refractivity contribution in [1.29, 1.82) is 0 Å². The lowest BCUT2D eigenvalue weighted by Gasteiger charge is -2.09. The number of esters is 1. The van der Waals surface area contributed by atoms with Crippen LogP contribution in [0.25, 0.3) is 0 Å². The average molecular weight is 315 g/mol. The van der Waals surface area contributed by atoms with Gasteiger partial charge in [-0.05, 0) is 0 Å². The SMILES string of the molecule is CC(=O)OCCOS(=O)(=O)NS(=O)(=O)C(F)(F)F. The highest BCUT2D eigenvalue weighted by atomic mass is 32.3. The number of carbonyl (C=O) groups excluding carboxylic acids is 1. The van der Waals surface area contributed by atoms with Crippen molar-refractivity contribution in [2.45, 2.75) is 12.4 Å². The average Bonchev–Trinajstić information content (AvgIpc) is 2.08. The van der Waals surface area contributed by atoms with Crippen molar-refractivity contribution in [3.8, 4) is 0 Å². The molecule has 0 spiro atoms. The smallest absolute Gasteiger partial charge is 0.463 e. The van der Waals surface area contributed by atoms with Gasteiger partial charge in [0.05, 0.1) is 0 Å². The Hall–Kier alpha value is -0.920. The number of rotatable bonds is 6. The molecule has 0 aromatic rings. The Balaban J connectivity index is 4.47. The second kappa shape index (κ2) is 5.81. The van der Waals surface area contributed by atoms with Crippen LogP contribution in [0.3, 0.4) is 0 Å². The van der Waals surface area contributed by atoms with Crippen LogP contribution in [0.1, 0.15) is 6.92 Å². The fraction of sp³-hybridized carbons (Fsp3) is 0.800. The first-order valence-corrected chi connectivity index (χ1v) is 6.89. The topological polar surface area (TPSA) is 116 Å². The maximum atomic E-state index is 11.8. The summed E-state index contributed by atoms with van der Waals surface area (Å²) in [7, 11) is -11.2. The number of sulfonamides is 1. The van der Waals surface area contributed by atoms with E-state index in [1.165, 1.54) is 0 Å². The Labute approximate surface area is 100 Å². The van der Waals surface area contributed by atoms with Crippen LogP contribution in [0.15, 0.2) is 0 Å². The van der Waals surface area contributed by atoms with Crippen molar-refractivity contribution in [3.05, 3.63) is 0 Å². The Bertz CT molecular complexity index is 494. The van der Waals surface area contributed by atoms with Crippen molar-refractivity contribution in [3.63, 3.8) is 0 Å². The van der Waals surface area contributed by atoms with Crippen LogP contribution in [0.4, 0.5) is 13.2 Å². The summed E-state index contributed by atoms with van der Waals surface area (Å²) >= 11 is 0. The van der Waals surface area contributed by atoms with Gasteiger partial charge in [-0.1, -0.05) is 4.13 Å². The van der Waals surface area contributed by atoms with Gasteiger partial charge in [0.1, 0.15) is 13.2 Å². The normalized spacial score (nSPS) is 13.3. The Morgan fingerprint density at radius 1 is 1.17 bits per heavy atom. The first-order valence-electron chi connectivity index (χ1n) is 4.00. The fourth-order valence-electron chi connectivity index (χ4n) is 0.535. The second-order valence-corrected chi connectivity index (χ2v) is 5.93. The van der Waals surface area contributed by atoms with Gasteiger partial charge in [-0.3, -0.25) is 8.98 Å². The molecule has 0 aromatic heterocycles. The molecule has 0 radical (unpaired) electrons. The maximum absolute atomic E-state index is 11.8. The van der Waals surface area contributed by atoms with E-state index in [9.17, 15) is 34.8 Å². The molecule has 0 heterocycles. The molecular weight excluding hydrogens is 307 g/mol. The van der Waals surface area contributed by atoms with Crippen molar-refractivity contribution in [1.82, 2.24) is 4.13 Å². The van der Waals surface area contributed by atoms with Gasteiger partial charge >= 0.3 is 31.8 Å². The lowest BCUT2D eigenvalue weighted by atomic mass is 10.7. The highest BCUT2D eigenvalue weighted by Crippen LogP contribution is 2.22. The van der Waals surface area contributed by atoms with E-state index in [-0.39, 0.29) is 0 Å². The predicted molar refractivity (Wildman–Crippen MR) is 49.6 cm³/mol. The second-order valence-electron chi connectivity index (χ2n) is 2.65. The molecule has 13 heteroatoms. The van der Waals surface area contributed by atoms with Crippen LogP contribution in [0, 0.1) is 0 Å². The first kappa shape index (κ1) is 17.1. The molecule has 0 saturated carbocycles. The number of hydrogen-bond donors (Lipinski definition) is 1. The molecule has 0 aliphatic carbocycles. The molecule has 1 N–H and O–H groups in total. The summed E-state index contributed by atoms with van der Waals surface area (Å²) in [6.45, 7) is -0.397. The summed E-state index contributed by atoms with van der Waals surface area (Å²) in [5.41, 5.74) is -5.79. The van der Waals surface area contributed by atoms with Gasteiger partial charge in [0.15, 0.2) is 0 Å². The molecule has 0 aliphatic heterocycles. The highest BCUT2D eigenvalue weighted by Gasteiger charge is 2.48. The summed E-state index contributed by atoms with van der Waals surface area (Å²) in [6.07, 6.45) is 0. The third-order valence-corrected chi connectivity index (χ3v) is 3.92. The Morgan fingerprint density at radius 2 is 1.67 bits per heavy atom. The molecule has 0 bridgehead atoms. The van der Waals surface area contributed by atoms with Gasteiger partial charge in [-0.25, -0.2) is 8.42 Å². The number of alkyl halides is 3. The summed E-state index contributed by atoms with van der Waals surface area (Å²) in [5, 5.41) is 0. The fourth-order valence-corrected chi connectivity index (χ4v) is 2.47. The molecule has 0 amide bonds. The zero-order valence-electron chi connectivity index (χ0n) is 8.72. The number of nitrogens with one attached hydrogen (secondary N) is 1. The Morgan fingerprint density at radius 3 is 2.06 bits per heavy atom. The number of carbonyl (C=O) groups is 1. The van der Waals surface area contributed by atoms with Gasteiger partial charge in [-0.2, -0.15) is 21.6 Å². The third kappa shape index (κ3) is 6.13. The van der Waals surface area contributed by atoms with Gasteiger partial charge in [0.25, 0.3) is 0 Å². The molecule has 18 heavy (non-hydrogen) atoms. The predicted octanol–water partition coefficient (Wildman–Crippen LogP) is -0.750. The zero-order chi connectivity index (χ0) is 14.6. The van der Waals surface area contributed by atoms with Crippen molar-refractivity contribution >= 4 is 26.3 Å². The number of hydrogen-bond acceptors (Lipinski definition) is 7. The zero-order valence-corrected chi connectivity index (χ0v) is 10.4. The van der Waals surface area contributed by atoms with E-state index in [4.69, 9.17) is 0 Å². The molecule has 0 aliphatic rings. The van der Waals surface area contributed by atoms with E-state index in [0.717, 1.165) is 6.92 Å². The van der Waals surface area contributed by atoms with Gasteiger partial charge in [0.2, 0.25) is 0 Å². The minimum Gasteiger partial charge on any atom is -0.463 e. The van der Waals surface area contributed by atoms with Gasteiger partial charge in [0, 0.05) is 6.92 Å². The van der Waals surface area contributed by atoms with Crippen LogP contribution < -0.4 is 4.13 Å². The monoisotopic (exact) mass is 315 g/mol. The van der Waals surface area contributed by atoms with E-state index >= 15 is 0 Å². The van der Waals surface area contributed by atoms with E-state index in [0.29, 0.717) is 4.13 Å². The highest BCUT2D eigenvalue weighted by molar-refractivity contribution is 8.03. The van der Waals surface area contributed by atoms with Gasteiger partial charge in [-0.15, -0.1) is 0 Å². The molecule has 0 aromatic carbocycles. The third-order valence-electron chi connectivity index (χ3n) is 1.14. The minimum absolute atomic E-state index is 0.317. The minimum atomic E-state index is -6.08. The van der Waals surface area contributed by atoms with Crippen LogP contribution in [-0.2, 0) is 34.0 Å². The quantitative estimate of drug-likeness (QED) is 0.506. The molecule has 108 valence electrons. The summed E-state index contributed by atoms with van der Waals surface area (Å²) < 4.78 is 86.2. The largest absolute Gasteiger partial charge is 0.512 e. The molecule has 0 saturated heterocycles. The van der Waals surface area contributed by atoms with E-state index < -0.39 is 45.0 Å². The van der Waals surface area contributed by atoms with E-state index in [2.05, 4.69) is 8.92 Å². The van der Waals surface area contributed by atoms with E-state index in [1.54, 1.807) is 0 Å². The van der Waals surface area contributed by atoms with Crippen LogP contribution >= 0.6 is 0 Å². The summed E-state index contributed by atoms with van der Waals surface area (Å²) in [4.78, 5) is 10.2. The van der Waals surface area contributed by atoms with Crippen molar-refractivity contribution < 1.29 is 43.7 Å². The van der Waals surface area contributed by atoms with Gasteiger partial charge < -0.3 is 4.74 Å². The number of ether oxygens (including phenoxy) is 1.